The minimum atomic E-state index is -1.18. The first-order valence-corrected chi connectivity index (χ1v) is 14.4. The number of rotatable bonds is 10. The number of hydrogen-bond acceptors (Lipinski definition) is 8. The van der Waals surface area contributed by atoms with Gasteiger partial charge >= 0.3 is 5.97 Å². The smallest absolute Gasteiger partial charge is 0.312 e. The van der Waals surface area contributed by atoms with E-state index in [1.165, 1.54) is 4.90 Å². The number of nitrogens with zero attached hydrogens (tertiary/aromatic N) is 2. The van der Waals surface area contributed by atoms with Crippen molar-refractivity contribution >= 4 is 33.7 Å². The molecule has 4 saturated heterocycles. The van der Waals surface area contributed by atoms with Crippen molar-refractivity contribution in [3.8, 4) is 0 Å². The van der Waals surface area contributed by atoms with Crippen molar-refractivity contribution in [2.24, 2.45) is 11.8 Å². The Morgan fingerprint density at radius 2 is 2.00 bits per heavy atom. The van der Waals surface area contributed by atoms with Crippen LogP contribution < -0.4 is 5.32 Å². The van der Waals surface area contributed by atoms with Crippen LogP contribution >= 0.6 is 15.9 Å². The number of fused-ring (bicyclic) bond motifs is 1. The van der Waals surface area contributed by atoms with Gasteiger partial charge in [-0.15, -0.1) is 0 Å². The highest BCUT2D eigenvalue weighted by molar-refractivity contribution is 9.09. The Bertz CT molecular complexity index is 1020. The number of amides is 2. The number of aliphatic hydroxyl groups is 1. The van der Waals surface area contributed by atoms with Crippen LogP contribution in [-0.2, 0) is 35.0 Å². The van der Waals surface area contributed by atoms with Crippen LogP contribution in [0, 0.1) is 11.8 Å². The van der Waals surface area contributed by atoms with E-state index in [9.17, 15) is 19.5 Å². The van der Waals surface area contributed by atoms with Crippen molar-refractivity contribution in [1.29, 1.82) is 0 Å². The number of likely N-dealkylation sites (tertiary alicyclic amines) is 1. The van der Waals surface area contributed by atoms with E-state index in [2.05, 4.69) is 26.1 Å². The standard InChI is InChI=1S/C27H36BrN3O7/c1-2-37-26(35)20-21-25(34)31(18(16-32)14-17-6-4-3-5-7-17)23(27(21)15-19(28)22(20)38-27)24(33)29-8-9-30-10-12-36-13-11-30/h3-7,18-23,32H,2,8-16H2,1H3,(H,29,33)/t18-,19?,20+,21+,22+,23?,27?/m1/s1. The molecule has 5 rings (SSSR count). The van der Waals surface area contributed by atoms with Gasteiger partial charge in [-0.1, -0.05) is 46.3 Å². The second-order valence-electron chi connectivity index (χ2n) is 10.4. The molecule has 0 saturated carbocycles. The Balaban J connectivity index is 1.44. The van der Waals surface area contributed by atoms with E-state index in [0.717, 1.165) is 18.7 Å². The molecule has 11 heteroatoms. The topological polar surface area (TPSA) is 118 Å². The number of hydrogen-bond donors (Lipinski definition) is 2. The maximum absolute atomic E-state index is 14.1. The van der Waals surface area contributed by atoms with E-state index in [0.29, 0.717) is 39.1 Å². The van der Waals surface area contributed by atoms with E-state index < -0.39 is 41.6 Å². The molecule has 4 aliphatic rings. The number of alkyl halides is 1. The zero-order valence-electron chi connectivity index (χ0n) is 21.6. The summed E-state index contributed by atoms with van der Waals surface area (Å²) in [6, 6.07) is 7.93. The second-order valence-corrected chi connectivity index (χ2v) is 11.6. The minimum absolute atomic E-state index is 0.186. The van der Waals surface area contributed by atoms with Crippen molar-refractivity contribution in [3.63, 3.8) is 0 Å². The molecule has 7 atom stereocenters. The third kappa shape index (κ3) is 4.88. The Morgan fingerprint density at radius 1 is 1.26 bits per heavy atom. The maximum atomic E-state index is 14.1. The normalized spacial score (nSPS) is 33.3. The van der Waals surface area contributed by atoms with Gasteiger partial charge < -0.3 is 29.5 Å². The van der Waals surface area contributed by atoms with Gasteiger partial charge in [0.25, 0.3) is 0 Å². The fourth-order valence-corrected chi connectivity index (χ4v) is 7.61. The highest BCUT2D eigenvalue weighted by Crippen LogP contribution is 2.60. The highest BCUT2D eigenvalue weighted by atomic mass is 79.9. The van der Waals surface area contributed by atoms with Crippen LogP contribution in [0.25, 0.3) is 0 Å². The fourth-order valence-electron chi connectivity index (χ4n) is 6.66. The molecule has 208 valence electrons. The van der Waals surface area contributed by atoms with E-state index in [4.69, 9.17) is 14.2 Å². The number of benzene rings is 1. The van der Waals surface area contributed by atoms with Crippen molar-refractivity contribution in [2.75, 3.05) is 52.6 Å². The van der Waals surface area contributed by atoms with Gasteiger partial charge in [-0.3, -0.25) is 19.3 Å². The zero-order chi connectivity index (χ0) is 26.9. The van der Waals surface area contributed by atoms with Crippen LogP contribution in [0.3, 0.4) is 0 Å². The van der Waals surface area contributed by atoms with Crippen LogP contribution in [0.1, 0.15) is 18.9 Å². The monoisotopic (exact) mass is 593 g/mol. The molecule has 3 unspecified atom stereocenters. The van der Waals surface area contributed by atoms with Crippen LogP contribution in [0.2, 0.25) is 0 Å². The van der Waals surface area contributed by atoms with Crippen molar-refractivity contribution in [1.82, 2.24) is 15.1 Å². The highest BCUT2D eigenvalue weighted by Gasteiger charge is 2.77. The van der Waals surface area contributed by atoms with Gasteiger partial charge in [0.05, 0.1) is 50.4 Å². The molecule has 10 nitrogen and oxygen atoms in total. The first-order chi connectivity index (χ1) is 18.4. The average molecular weight is 595 g/mol. The first-order valence-electron chi connectivity index (χ1n) is 13.4. The van der Waals surface area contributed by atoms with Gasteiger partial charge in [0.2, 0.25) is 11.8 Å². The Kier molecular flexibility index (Phi) is 8.39. The quantitative estimate of drug-likeness (QED) is 0.295. The maximum Gasteiger partial charge on any atom is 0.312 e. The summed E-state index contributed by atoms with van der Waals surface area (Å²) in [4.78, 5) is 44.6. The lowest BCUT2D eigenvalue weighted by Gasteiger charge is -2.37. The molecule has 4 fully saturated rings. The van der Waals surface area contributed by atoms with Gasteiger partial charge in [-0.05, 0) is 25.3 Å². The third-order valence-corrected chi connectivity index (χ3v) is 9.13. The third-order valence-electron chi connectivity index (χ3n) is 8.28. The van der Waals surface area contributed by atoms with Crippen LogP contribution in [-0.4, -0.2) is 114 Å². The summed E-state index contributed by atoms with van der Waals surface area (Å²) in [6.45, 7) is 5.59. The van der Waals surface area contributed by atoms with Gasteiger partial charge in [-0.2, -0.15) is 0 Å². The van der Waals surface area contributed by atoms with Gasteiger partial charge in [0.15, 0.2) is 0 Å². The summed E-state index contributed by atoms with van der Waals surface area (Å²) in [7, 11) is 0. The van der Waals surface area contributed by atoms with E-state index in [1.807, 2.05) is 30.3 Å². The second kappa shape index (κ2) is 11.6. The molecule has 38 heavy (non-hydrogen) atoms. The number of carbonyl (C=O) groups excluding carboxylic acids is 3. The van der Waals surface area contributed by atoms with Crippen LogP contribution in [0.15, 0.2) is 30.3 Å². The SMILES string of the molecule is CCOC(=O)[C@H]1[C@H]2C(=O)N([C@@H](CO)Cc3ccccc3)C(C(=O)NCCN3CCOCC3)C23CC(Br)[C@@H]1O3. The first kappa shape index (κ1) is 27.5. The molecule has 1 aromatic rings. The van der Waals surface area contributed by atoms with Gasteiger partial charge in [0, 0.05) is 31.0 Å². The van der Waals surface area contributed by atoms with E-state index >= 15 is 0 Å². The fraction of sp³-hybridized carbons (Fsp3) is 0.667. The lowest BCUT2D eigenvalue weighted by atomic mass is 9.70. The average Bonchev–Trinajstić information content (AvgIpc) is 3.52. The molecular formula is C27H36BrN3O7. The minimum Gasteiger partial charge on any atom is -0.466 e. The summed E-state index contributed by atoms with van der Waals surface area (Å²) < 4.78 is 17.2. The molecule has 0 radical (unpaired) electrons. The predicted molar refractivity (Wildman–Crippen MR) is 140 cm³/mol. The lowest BCUT2D eigenvalue weighted by Crippen LogP contribution is -2.59. The molecule has 2 bridgehead atoms. The van der Waals surface area contributed by atoms with E-state index in [1.54, 1.807) is 6.92 Å². The Hall–Kier alpha value is -2.05. The molecule has 0 aromatic heterocycles. The molecule has 2 N–H and O–H groups in total. The van der Waals surface area contributed by atoms with Crippen molar-refractivity contribution in [3.05, 3.63) is 35.9 Å². The Morgan fingerprint density at radius 3 is 2.68 bits per heavy atom. The largest absolute Gasteiger partial charge is 0.466 e. The zero-order valence-corrected chi connectivity index (χ0v) is 23.2. The molecule has 1 spiro atoms. The summed E-state index contributed by atoms with van der Waals surface area (Å²) in [5.41, 5.74) is -0.244. The van der Waals surface area contributed by atoms with Gasteiger partial charge in [-0.25, -0.2) is 0 Å². The summed E-state index contributed by atoms with van der Waals surface area (Å²) >= 11 is 3.65. The summed E-state index contributed by atoms with van der Waals surface area (Å²) in [5, 5.41) is 13.5. The Labute approximate surface area is 231 Å². The van der Waals surface area contributed by atoms with Crippen LogP contribution in [0.4, 0.5) is 0 Å². The number of esters is 1. The lowest BCUT2D eigenvalue weighted by molar-refractivity contribution is -0.155. The number of nitrogens with one attached hydrogen (secondary N) is 1. The summed E-state index contributed by atoms with van der Waals surface area (Å²) in [5.74, 6) is -2.82. The molecule has 0 aliphatic carbocycles. The number of aliphatic hydroxyl groups excluding tert-OH is 1. The number of ether oxygens (including phenoxy) is 3. The molecule has 4 heterocycles. The molecule has 4 aliphatic heterocycles. The van der Waals surface area contributed by atoms with Crippen molar-refractivity contribution in [2.45, 2.75) is 48.4 Å². The van der Waals surface area contributed by atoms with E-state index in [-0.39, 0.29) is 29.9 Å². The van der Waals surface area contributed by atoms with Crippen LogP contribution in [0.5, 0.6) is 0 Å². The molecule has 2 amide bonds. The van der Waals surface area contributed by atoms with Gasteiger partial charge in [0.1, 0.15) is 11.6 Å². The molecular weight excluding hydrogens is 558 g/mol. The molecule has 1 aromatic carbocycles. The summed E-state index contributed by atoms with van der Waals surface area (Å²) in [6.07, 6.45) is 0.218. The number of morpholine rings is 1. The number of carbonyl (C=O) groups is 3. The predicted octanol–water partition coefficient (Wildman–Crippen LogP) is 0.350. The van der Waals surface area contributed by atoms with Crippen molar-refractivity contribution < 1.29 is 33.7 Å². The number of halogens is 1.